The van der Waals surface area contributed by atoms with E-state index in [0.29, 0.717) is 30.0 Å². The Morgan fingerprint density at radius 3 is 2.63 bits per heavy atom. The molecule has 1 heterocycles. The van der Waals surface area contributed by atoms with E-state index in [4.69, 9.17) is 10.2 Å². The second-order valence-corrected chi connectivity index (χ2v) is 5.75. The summed E-state index contributed by atoms with van der Waals surface area (Å²) in [5, 5.41) is 2.82. The maximum atomic E-state index is 11.8. The quantitative estimate of drug-likeness (QED) is 0.795. The maximum Gasteiger partial charge on any atom is 0.273 e. The van der Waals surface area contributed by atoms with Crippen molar-refractivity contribution >= 4 is 5.91 Å². The van der Waals surface area contributed by atoms with Gasteiger partial charge in [0.1, 0.15) is 6.26 Å². The summed E-state index contributed by atoms with van der Waals surface area (Å²) >= 11 is 0. The minimum atomic E-state index is -0.253. The third-order valence-corrected chi connectivity index (χ3v) is 2.80. The lowest BCUT2D eigenvalue weighted by atomic mass is 10.0. The topological polar surface area (TPSA) is 81.2 Å². The number of oxazole rings is 1. The van der Waals surface area contributed by atoms with Gasteiger partial charge < -0.3 is 15.5 Å². The summed E-state index contributed by atoms with van der Waals surface area (Å²) < 4.78 is 5.28. The Hall–Kier alpha value is -1.36. The first-order valence-electron chi connectivity index (χ1n) is 6.89. The highest BCUT2D eigenvalue weighted by Crippen LogP contribution is 2.18. The third kappa shape index (κ3) is 5.42. The van der Waals surface area contributed by atoms with Crippen LogP contribution in [0.4, 0.5) is 0 Å². The Morgan fingerprint density at radius 2 is 2.05 bits per heavy atom. The summed E-state index contributed by atoms with van der Waals surface area (Å²) in [6.45, 7) is 9.05. The van der Waals surface area contributed by atoms with Gasteiger partial charge in [-0.3, -0.25) is 4.79 Å². The summed E-state index contributed by atoms with van der Waals surface area (Å²) in [5.41, 5.74) is 6.26. The summed E-state index contributed by atoms with van der Waals surface area (Å²) in [6, 6.07) is -0.253. The van der Waals surface area contributed by atoms with Gasteiger partial charge in [0, 0.05) is 6.54 Å². The van der Waals surface area contributed by atoms with Crippen LogP contribution in [0.2, 0.25) is 0 Å². The van der Waals surface area contributed by atoms with Crippen molar-refractivity contribution in [2.24, 2.45) is 17.6 Å². The first kappa shape index (κ1) is 15.7. The van der Waals surface area contributed by atoms with Gasteiger partial charge in [-0.1, -0.05) is 27.7 Å². The van der Waals surface area contributed by atoms with Gasteiger partial charge >= 0.3 is 0 Å². The van der Waals surface area contributed by atoms with Crippen molar-refractivity contribution in [1.29, 1.82) is 0 Å². The molecule has 0 aliphatic rings. The standard InChI is InChI=1S/C14H25N3O2/c1-9(2)5-6-16-13(18)12-8-19-14(17-12)11(15)7-10(3)4/h8-11H,5-7,15H2,1-4H3,(H,16,18). The maximum absolute atomic E-state index is 11.8. The minimum Gasteiger partial charge on any atom is -0.446 e. The Balaban J connectivity index is 2.51. The van der Waals surface area contributed by atoms with Gasteiger partial charge in [0.05, 0.1) is 6.04 Å². The van der Waals surface area contributed by atoms with Gasteiger partial charge in [0.25, 0.3) is 5.91 Å². The van der Waals surface area contributed by atoms with Gasteiger partial charge in [0.15, 0.2) is 5.69 Å². The molecule has 0 saturated heterocycles. The molecule has 108 valence electrons. The van der Waals surface area contributed by atoms with Crippen LogP contribution in [0.3, 0.4) is 0 Å². The number of nitrogens with two attached hydrogens (primary N) is 1. The third-order valence-electron chi connectivity index (χ3n) is 2.80. The molecule has 0 saturated carbocycles. The van der Waals surface area contributed by atoms with E-state index in [2.05, 4.69) is 38.0 Å². The fourth-order valence-corrected chi connectivity index (χ4v) is 1.74. The molecule has 1 aromatic rings. The average Bonchev–Trinajstić information content (AvgIpc) is 2.76. The van der Waals surface area contributed by atoms with Crippen molar-refractivity contribution in [3.8, 4) is 0 Å². The highest BCUT2D eigenvalue weighted by atomic mass is 16.3. The smallest absolute Gasteiger partial charge is 0.273 e. The van der Waals surface area contributed by atoms with Crippen molar-refractivity contribution in [2.75, 3.05) is 6.54 Å². The normalized spacial score (nSPS) is 13.0. The van der Waals surface area contributed by atoms with Crippen LogP contribution < -0.4 is 11.1 Å². The number of carbonyl (C=O) groups excluding carboxylic acids is 1. The van der Waals surface area contributed by atoms with E-state index in [1.807, 2.05) is 0 Å². The molecule has 1 rings (SSSR count). The zero-order chi connectivity index (χ0) is 14.4. The van der Waals surface area contributed by atoms with E-state index in [1.165, 1.54) is 6.26 Å². The number of amides is 1. The first-order chi connectivity index (χ1) is 8.90. The molecule has 1 atom stereocenters. The molecule has 1 aromatic heterocycles. The lowest BCUT2D eigenvalue weighted by Gasteiger charge is -2.09. The lowest BCUT2D eigenvalue weighted by molar-refractivity contribution is 0.0947. The van der Waals surface area contributed by atoms with Crippen LogP contribution >= 0.6 is 0 Å². The van der Waals surface area contributed by atoms with Crippen molar-refractivity contribution in [1.82, 2.24) is 10.3 Å². The lowest BCUT2D eigenvalue weighted by Crippen LogP contribution is -2.25. The SMILES string of the molecule is CC(C)CCNC(=O)c1coc(C(N)CC(C)C)n1. The van der Waals surface area contributed by atoms with E-state index in [9.17, 15) is 4.79 Å². The van der Waals surface area contributed by atoms with Crippen molar-refractivity contribution < 1.29 is 9.21 Å². The molecular formula is C14H25N3O2. The molecule has 5 nitrogen and oxygen atoms in total. The summed E-state index contributed by atoms with van der Waals surface area (Å²) in [7, 11) is 0. The number of hydrogen-bond acceptors (Lipinski definition) is 4. The Bertz CT molecular complexity index is 399. The van der Waals surface area contributed by atoms with E-state index in [1.54, 1.807) is 0 Å². The summed E-state index contributed by atoms with van der Waals surface area (Å²) in [6.07, 6.45) is 3.11. The highest BCUT2D eigenvalue weighted by Gasteiger charge is 2.17. The number of nitrogens with one attached hydrogen (secondary N) is 1. The summed E-state index contributed by atoms with van der Waals surface area (Å²) in [4.78, 5) is 16.0. The van der Waals surface area contributed by atoms with Crippen LogP contribution in [0.15, 0.2) is 10.7 Å². The predicted molar refractivity (Wildman–Crippen MR) is 74.7 cm³/mol. The molecule has 0 aromatic carbocycles. The van der Waals surface area contributed by atoms with E-state index in [0.717, 1.165) is 12.8 Å². The number of rotatable bonds is 7. The van der Waals surface area contributed by atoms with Crippen molar-refractivity contribution in [3.05, 3.63) is 17.8 Å². The van der Waals surface area contributed by atoms with Crippen LogP contribution in [-0.2, 0) is 0 Å². The molecule has 3 N–H and O–H groups in total. The van der Waals surface area contributed by atoms with Gasteiger partial charge in [-0.2, -0.15) is 0 Å². The molecule has 5 heteroatoms. The zero-order valence-electron chi connectivity index (χ0n) is 12.3. The molecule has 0 bridgehead atoms. The van der Waals surface area contributed by atoms with Crippen LogP contribution in [0.5, 0.6) is 0 Å². The fourth-order valence-electron chi connectivity index (χ4n) is 1.74. The van der Waals surface area contributed by atoms with Gasteiger partial charge in [0.2, 0.25) is 5.89 Å². The minimum absolute atomic E-state index is 0.201. The highest BCUT2D eigenvalue weighted by molar-refractivity contribution is 5.91. The largest absolute Gasteiger partial charge is 0.446 e. The van der Waals surface area contributed by atoms with Crippen molar-refractivity contribution in [3.63, 3.8) is 0 Å². The molecule has 0 aliphatic carbocycles. The number of aromatic nitrogens is 1. The molecule has 1 amide bonds. The van der Waals surface area contributed by atoms with Crippen LogP contribution in [0, 0.1) is 11.8 Å². The Morgan fingerprint density at radius 1 is 1.37 bits per heavy atom. The molecule has 0 radical (unpaired) electrons. The molecule has 19 heavy (non-hydrogen) atoms. The monoisotopic (exact) mass is 267 g/mol. The average molecular weight is 267 g/mol. The first-order valence-corrected chi connectivity index (χ1v) is 6.89. The Labute approximate surface area is 115 Å². The second-order valence-electron chi connectivity index (χ2n) is 5.75. The van der Waals surface area contributed by atoms with E-state index >= 15 is 0 Å². The molecule has 0 aliphatic heterocycles. The molecule has 0 spiro atoms. The van der Waals surface area contributed by atoms with Crippen LogP contribution in [-0.4, -0.2) is 17.4 Å². The van der Waals surface area contributed by atoms with Gasteiger partial charge in [-0.15, -0.1) is 0 Å². The van der Waals surface area contributed by atoms with E-state index in [-0.39, 0.29) is 11.9 Å². The van der Waals surface area contributed by atoms with Crippen LogP contribution in [0.1, 0.15) is 63.0 Å². The van der Waals surface area contributed by atoms with Gasteiger partial charge in [-0.05, 0) is 24.7 Å². The predicted octanol–water partition coefficient (Wildman–Crippen LogP) is 2.50. The zero-order valence-corrected chi connectivity index (χ0v) is 12.3. The fraction of sp³-hybridized carbons (Fsp3) is 0.714. The molecular weight excluding hydrogens is 242 g/mol. The van der Waals surface area contributed by atoms with E-state index < -0.39 is 0 Å². The second kappa shape index (κ2) is 7.28. The van der Waals surface area contributed by atoms with Crippen molar-refractivity contribution in [2.45, 2.75) is 46.6 Å². The molecule has 0 fully saturated rings. The molecule has 1 unspecified atom stereocenters. The Kier molecular flexibility index (Phi) is 6.02. The number of carbonyl (C=O) groups is 1. The number of nitrogens with zero attached hydrogens (tertiary/aromatic N) is 1. The van der Waals surface area contributed by atoms with Gasteiger partial charge in [-0.25, -0.2) is 4.98 Å². The summed E-state index contributed by atoms with van der Waals surface area (Å²) in [5.74, 6) is 1.26. The number of hydrogen-bond donors (Lipinski definition) is 2. The van der Waals surface area contributed by atoms with Crippen LogP contribution in [0.25, 0.3) is 0 Å².